The van der Waals surface area contributed by atoms with Gasteiger partial charge in [-0.15, -0.1) is 0 Å². The minimum atomic E-state index is 0.119. The number of nitrogens with one attached hydrogen (secondary N) is 1. The van der Waals surface area contributed by atoms with Crippen molar-refractivity contribution < 1.29 is 0 Å². The third-order valence-electron chi connectivity index (χ3n) is 3.97. The van der Waals surface area contributed by atoms with Crippen molar-refractivity contribution >= 4 is 16.7 Å². The monoisotopic (exact) mass is 316 g/mol. The Morgan fingerprint density at radius 1 is 0.958 bits per heavy atom. The summed E-state index contributed by atoms with van der Waals surface area (Å²) in [6.07, 6.45) is 4.80. The molecule has 6 nitrogen and oxygen atoms in total. The standard InChI is InChI=1S/C18H16N6/c1-13(14-6-8-15(9-7-14)24-12-19-10-22-24)23-18-16-4-2-3-5-17(16)20-11-21-18/h2-13H,1H3,(H,20,21,23). The van der Waals surface area contributed by atoms with Crippen LogP contribution in [0.15, 0.2) is 67.5 Å². The number of rotatable bonds is 4. The van der Waals surface area contributed by atoms with Crippen LogP contribution in [0.3, 0.4) is 0 Å². The summed E-state index contributed by atoms with van der Waals surface area (Å²) in [5.74, 6) is 0.841. The van der Waals surface area contributed by atoms with E-state index in [1.54, 1.807) is 17.3 Å². The first-order chi connectivity index (χ1) is 11.8. The van der Waals surface area contributed by atoms with Gasteiger partial charge in [-0.1, -0.05) is 24.3 Å². The maximum Gasteiger partial charge on any atom is 0.138 e. The van der Waals surface area contributed by atoms with Crippen molar-refractivity contribution in [3.63, 3.8) is 0 Å². The average molecular weight is 316 g/mol. The normalized spacial score (nSPS) is 12.2. The Hall–Kier alpha value is -3.28. The van der Waals surface area contributed by atoms with Crippen molar-refractivity contribution in [1.29, 1.82) is 0 Å². The predicted molar refractivity (Wildman–Crippen MR) is 92.9 cm³/mol. The van der Waals surface area contributed by atoms with E-state index < -0.39 is 0 Å². The van der Waals surface area contributed by atoms with Gasteiger partial charge in [0.25, 0.3) is 0 Å². The lowest BCUT2D eigenvalue weighted by Gasteiger charge is -2.16. The van der Waals surface area contributed by atoms with Crippen LogP contribution in [-0.2, 0) is 0 Å². The van der Waals surface area contributed by atoms with E-state index in [9.17, 15) is 0 Å². The lowest BCUT2D eigenvalue weighted by Crippen LogP contribution is -2.09. The van der Waals surface area contributed by atoms with Gasteiger partial charge >= 0.3 is 0 Å². The second-order valence-electron chi connectivity index (χ2n) is 5.54. The Balaban J connectivity index is 1.58. The number of anilines is 1. The second-order valence-corrected chi connectivity index (χ2v) is 5.54. The van der Waals surface area contributed by atoms with Gasteiger partial charge < -0.3 is 5.32 Å². The Morgan fingerprint density at radius 2 is 1.79 bits per heavy atom. The van der Waals surface area contributed by atoms with Crippen molar-refractivity contribution in [2.24, 2.45) is 0 Å². The van der Waals surface area contributed by atoms with E-state index >= 15 is 0 Å². The molecule has 2 aromatic carbocycles. The summed E-state index contributed by atoms with van der Waals surface area (Å²) in [4.78, 5) is 12.6. The molecule has 0 aliphatic rings. The maximum absolute atomic E-state index is 4.39. The van der Waals surface area contributed by atoms with Crippen LogP contribution in [-0.4, -0.2) is 24.7 Å². The van der Waals surface area contributed by atoms with Crippen molar-refractivity contribution in [3.05, 3.63) is 73.1 Å². The van der Waals surface area contributed by atoms with Crippen molar-refractivity contribution in [3.8, 4) is 5.69 Å². The number of fused-ring (bicyclic) bond motifs is 1. The summed E-state index contributed by atoms with van der Waals surface area (Å²) >= 11 is 0. The zero-order chi connectivity index (χ0) is 16.4. The molecule has 0 aliphatic heterocycles. The molecule has 1 unspecified atom stereocenters. The van der Waals surface area contributed by atoms with Crippen LogP contribution in [0.2, 0.25) is 0 Å². The van der Waals surface area contributed by atoms with Crippen molar-refractivity contribution in [2.75, 3.05) is 5.32 Å². The van der Waals surface area contributed by atoms with E-state index in [0.29, 0.717) is 0 Å². The van der Waals surface area contributed by atoms with Crippen LogP contribution in [0, 0.1) is 0 Å². The number of para-hydroxylation sites is 1. The number of benzene rings is 2. The third kappa shape index (κ3) is 2.69. The van der Waals surface area contributed by atoms with Crippen LogP contribution < -0.4 is 5.32 Å². The zero-order valence-electron chi connectivity index (χ0n) is 13.2. The molecule has 118 valence electrons. The lowest BCUT2D eigenvalue weighted by atomic mass is 10.1. The average Bonchev–Trinajstić information content (AvgIpc) is 3.17. The van der Waals surface area contributed by atoms with E-state index in [1.807, 2.05) is 36.4 Å². The predicted octanol–water partition coefficient (Wildman–Crippen LogP) is 3.38. The van der Waals surface area contributed by atoms with Crippen LogP contribution in [0.4, 0.5) is 5.82 Å². The molecule has 0 bridgehead atoms. The Morgan fingerprint density at radius 3 is 2.58 bits per heavy atom. The molecule has 4 rings (SSSR count). The molecule has 0 radical (unpaired) electrons. The maximum atomic E-state index is 4.39. The first kappa shape index (κ1) is 14.3. The first-order valence-corrected chi connectivity index (χ1v) is 7.72. The summed E-state index contributed by atoms with van der Waals surface area (Å²) in [5.41, 5.74) is 3.08. The van der Waals surface area contributed by atoms with Gasteiger partial charge in [-0.3, -0.25) is 0 Å². The van der Waals surface area contributed by atoms with Crippen molar-refractivity contribution in [2.45, 2.75) is 13.0 Å². The second kappa shape index (κ2) is 6.08. The van der Waals surface area contributed by atoms with Gasteiger partial charge in [0.1, 0.15) is 24.8 Å². The van der Waals surface area contributed by atoms with Crippen molar-refractivity contribution in [1.82, 2.24) is 24.7 Å². The molecule has 1 N–H and O–H groups in total. The van der Waals surface area contributed by atoms with Gasteiger partial charge in [0.15, 0.2) is 0 Å². The molecule has 0 aliphatic carbocycles. The third-order valence-corrected chi connectivity index (χ3v) is 3.97. The highest BCUT2D eigenvalue weighted by molar-refractivity contribution is 5.88. The zero-order valence-corrected chi connectivity index (χ0v) is 13.2. The van der Waals surface area contributed by atoms with Crippen LogP contribution >= 0.6 is 0 Å². The topological polar surface area (TPSA) is 68.5 Å². The largest absolute Gasteiger partial charge is 0.363 e. The van der Waals surface area contributed by atoms with Gasteiger partial charge in [0, 0.05) is 11.4 Å². The van der Waals surface area contributed by atoms with E-state index in [4.69, 9.17) is 0 Å². The number of hydrogen-bond acceptors (Lipinski definition) is 5. The van der Waals surface area contributed by atoms with E-state index in [2.05, 4.69) is 44.4 Å². The summed E-state index contributed by atoms with van der Waals surface area (Å²) in [5, 5.41) is 8.62. The highest BCUT2D eigenvalue weighted by atomic mass is 15.3. The van der Waals surface area contributed by atoms with Crippen LogP contribution in [0.25, 0.3) is 16.6 Å². The smallest absolute Gasteiger partial charge is 0.138 e. The quantitative estimate of drug-likeness (QED) is 0.625. The molecular weight excluding hydrogens is 300 g/mol. The Kier molecular flexibility index (Phi) is 3.63. The minimum Gasteiger partial charge on any atom is -0.363 e. The molecule has 0 spiro atoms. The molecular formula is C18H16N6. The molecule has 6 heteroatoms. The number of nitrogens with zero attached hydrogens (tertiary/aromatic N) is 5. The summed E-state index contributed by atoms with van der Waals surface area (Å²) in [6.45, 7) is 2.11. The van der Waals surface area contributed by atoms with Crippen LogP contribution in [0.1, 0.15) is 18.5 Å². The fourth-order valence-corrected chi connectivity index (χ4v) is 2.67. The molecule has 2 aromatic heterocycles. The molecule has 0 saturated carbocycles. The number of aromatic nitrogens is 5. The van der Waals surface area contributed by atoms with Gasteiger partial charge in [-0.05, 0) is 36.8 Å². The molecule has 1 atom stereocenters. The summed E-state index contributed by atoms with van der Waals surface area (Å²) < 4.78 is 1.74. The Bertz CT molecular complexity index is 942. The Labute approximate surface area is 139 Å². The van der Waals surface area contributed by atoms with Gasteiger partial charge in [-0.2, -0.15) is 5.10 Å². The molecule has 4 aromatic rings. The molecule has 0 fully saturated rings. The molecule has 24 heavy (non-hydrogen) atoms. The SMILES string of the molecule is CC(Nc1ncnc2ccccc12)c1ccc(-n2cncn2)cc1. The van der Waals surface area contributed by atoms with Crippen LogP contribution in [0.5, 0.6) is 0 Å². The van der Waals surface area contributed by atoms with E-state index in [1.165, 1.54) is 11.9 Å². The van der Waals surface area contributed by atoms with E-state index in [0.717, 1.165) is 22.4 Å². The summed E-state index contributed by atoms with van der Waals surface area (Å²) in [7, 11) is 0. The highest BCUT2D eigenvalue weighted by Gasteiger charge is 2.09. The van der Waals surface area contributed by atoms with E-state index in [-0.39, 0.29) is 6.04 Å². The van der Waals surface area contributed by atoms with Gasteiger partial charge in [0.2, 0.25) is 0 Å². The fourth-order valence-electron chi connectivity index (χ4n) is 2.67. The van der Waals surface area contributed by atoms with Gasteiger partial charge in [0.05, 0.1) is 11.2 Å². The summed E-state index contributed by atoms with van der Waals surface area (Å²) in [6, 6.07) is 16.3. The fraction of sp³-hybridized carbons (Fsp3) is 0.111. The number of hydrogen-bond donors (Lipinski definition) is 1. The highest BCUT2D eigenvalue weighted by Crippen LogP contribution is 2.24. The lowest BCUT2D eigenvalue weighted by molar-refractivity contribution is 0.859. The molecule has 0 amide bonds. The van der Waals surface area contributed by atoms with Gasteiger partial charge in [-0.25, -0.2) is 19.6 Å². The minimum absolute atomic E-state index is 0.119. The molecule has 0 saturated heterocycles. The molecule has 2 heterocycles. The first-order valence-electron chi connectivity index (χ1n) is 7.72.